The Labute approximate surface area is 145 Å². The molecule has 0 fully saturated rings. The minimum Gasteiger partial charge on any atom is -0.143 e. The Bertz CT molecular complexity index is 513. The molecule has 0 aliphatic heterocycles. The zero-order valence-corrected chi connectivity index (χ0v) is 17.1. The van der Waals surface area contributed by atoms with Crippen molar-refractivity contribution in [3.8, 4) is 0 Å². The first kappa shape index (κ1) is 25.7. The fourth-order valence-corrected chi connectivity index (χ4v) is 2.10. The largest absolute Gasteiger partial charge is 0.143 e. The van der Waals surface area contributed by atoms with E-state index in [1.807, 2.05) is 41.5 Å². The van der Waals surface area contributed by atoms with Crippen LogP contribution in [0.1, 0.15) is 58.2 Å². The van der Waals surface area contributed by atoms with Crippen LogP contribution in [0.4, 0.5) is 0 Å². The van der Waals surface area contributed by atoms with E-state index >= 15 is 0 Å². The molecule has 0 unspecified atom stereocenters. The molecular weight excluding hydrogens is 284 g/mol. The van der Waals surface area contributed by atoms with Gasteiger partial charge in [0.2, 0.25) is 0 Å². The summed E-state index contributed by atoms with van der Waals surface area (Å²) in [6.45, 7) is 24.4. The first-order valence-electron chi connectivity index (χ1n) is 8.29. The van der Waals surface area contributed by atoms with Crippen LogP contribution in [0.25, 0.3) is 10.8 Å². The van der Waals surface area contributed by atoms with Gasteiger partial charge in [0, 0.05) is 4.90 Å². The predicted octanol–water partition coefficient (Wildman–Crippen LogP) is 7.93. The molecule has 2 rings (SSSR count). The summed E-state index contributed by atoms with van der Waals surface area (Å²) in [5.41, 5.74) is 3.92. The average molecular weight is 321 g/mol. The maximum Gasteiger partial charge on any atom is 0.00782 e. The molecule has 0 aliphatic carbocycles. The van der Waals surface area contributed by atoms with Gasteiger partial charge in [-0.25, -0.2) is 0 Å². The first-order valence-corrected chi connectivity index (χ1v) is 8.74. The molecule has 0 aliphatic rings. The second-order valence-corrected chi connectivity index (χ2v) is 4.35. The first-order chi connectivity index (χ1) is 10.6. The van der Waals surface area contributed by atoms with E-state index in [9.17, 15) is 0 Å². The van der Waals surface area contributed by atoms with Gasteiger partial charge in [-0.15, -0.1) is 25.8 Å². The Balaban J connectivity index is -0.000000394. The van der Waals surface area contributed by atoms with E-state index in [0.29, 0.717) is 0 Å². The Kier molecular flexibility index (Phi) is 18.9. The third-order valence-corrected chi connectivity index (χ3v) is 3.31. The highest BCUT2D eigenvalue weighted by Gasteiger charge is 2.03. The van der Waals surface area contributed by atoms with Gasteiger partial charge in [0.25, 0.3) is 0 Å². The molecule has 0 saturated heterocycles. The minimum absolute atomic E-state index is 1.08. The molecule has 0 radical (unpaired) electrons. The summed E-state index contributed by atoms with van der Waals surface area (Å²) in [4.78, 5) is 1.08. The Morgan fingerprint density at radius 1 is 0.727 bits per heavy atom. The van der Waals surface area contributed by atoms with Gasteiger partial charge in [-0.05, 0) is 48.7 Å². The molecule has 0 bridgehead atoms. The second kappa shape index (κ2) is 16.2. The molecule has 126 valence electrons. The van der Waals surface area contributed by atoms with E-state index in [2.05, 4.69) is 70.8 Å². The van der Waals surface area contributed by atoms with Crippen LogP contribution in [-0.4, -0.2) is 0 Å². The Morgan fingerprint density at radius 3 is 1.64 bits per heavy atom. The number of rotatable bonds is 0. The molecule has 0 heterocycles. The van der Waals surface area contributed by atoms with Crippen LogP contribution in [-0.2, 0) is 0 Å². The van der Waals surface area contributed by atoms with E-state index in [1.165, 1.54) is 27.5 Å². The van der Waals surface area contributed by atoms with Crippen molar-refractivity contribution in [2.24, 2.45) is 0 Å². The van der Waals surface area contributed by atoms with Gasteiger partial charge < -0.3 is 0 Å². The van der Waals surface area contributed by atoms with Crippen LogP contribution >= 0.6 is 12.6 Å². The van der Waals surface area contributed by atoms with Crippen molar-refractivity contribution in [2.45, 2.75) is 67.2 Å². The zero-order chi connectivity index (χ0) is 18.3. The molecule has 1 heteroatoms. The normalized spacial score (nSPS) is 7.91. The summed E-state index contributed by atoms with van der Waals surface area (Å²) >= 11 is 4.48. The fraction of sp³-hybridized carbons (Fsp3) is 0.429. The maximum atomic E-state index is 4.48. The summed E-state index contributed by atoms with van der Waals surface area (Å²) in [5.74, 6) is 0. The van der Waals surface area contributed by atoms with E-state index in [1.54, 1.807) is 0 Å². The fourth-order valence-electron chi connectivity index (χ4n) is 1.79. The van der Waals surface area contributed by atoms with Crippen molar-refractivity contribution in [1.82, 2.24) is 0 Å². The summed E-state index contributed by atoms with van der Waals surface area (Å²) in [6, 6.07) is 8.71. The molecule has 22 heavy (non-hydrogen) atoms. The summed E-state index contributed by atoms with van der Waals surface area (Å²) in [7, 11) is 0. The van der Waals surface area contributed by atoms with Crippen LogP contribution in [0, 0.1) is 20.8 Å². The van der Waals surface area contributed by atoms with Gasteiger partial charge in [0.05, 0.1) is 0 Å². The van der Waals surface area contributed by atoms with E-state index < -0.39 is 0 Å². The summed E-state index contributed by atoms with van der Waals surface area (Å²) in [6.07, 6.45) is 0. The zero-order valence-electron chi connectivity index (χ0n) is 16.2. The molecule has 0 amide bonds. The van der Waals surface area contributed by atoms with Crippen LogP contribution < -0.4 is 0 Å². The van der Waals surface area contributed by atoms with Crippen LogP contribution in [0.3, 0.4) is 0 Å². The SMILES string of the molecule is C=C.CC.CC.CC.Cc1ccc2c(C)c(C)c(S)cc2c1. The monoisotopic (exact) mass is 320 g/mol. The molecule has 0 atom stereocenters. The molecule has 0 N–H and O–H groups in total. The second-order valence-electron chi connectivity index (χ2n) is 3.87. The summed E-state index contributed by atoms with van der Waals surface area (Å²) in [5, 5.41) is 2.63. The van der Waals surface area contributed by atoms with Crippen molar-refractivity contribution < 1.29 is 0 Å². The van der Waals surface area contributed by atoms with Crippen molar-refractivity contribution in [1.29, 1.82) is 0 Å². The van der Waals surface area contributed by atoms with Crippen LogP contribution in [0.15, 0.2) is 42.3 Å². The Morgan fingerprint density at radius 2 is 1.18 bits per heavy atom. The smallest absolute Gasteiger partial charge is 0.00782 e. The highest BCUT2D eigenvalue weighted by Crippen LogP contribution is 2.27. The molecule has 2 aromatic carbocycles. The highest BCUT2D eigenvalue weighted by atomic mass is 32.1. The van der Waals surface area contributed by atoms with Crippen molar-refractivity contribution in [3.63, 3.8) is 0 Å². The topological polar surface area (TPSA) is 0 Å². The lowest BCUT2D eigenvalue weighted by Gasteiger charge is -2.09. The predicted molar refractivity (Wildman–Crippen MR) is 111 cm³/mol. The molecule has 0 saturated carbocycles. The van der Waals surface area contributed by atoms with Crippen LogP contribution in [0.2, 0.25) is 0 Å². The third-order valence-electron chi connectivity index (χ3n) is 2.85. The number of thiol groups is 1. The van der Waals surface area contributed by atoms with E-state index in [0.717, 1.165) is 4.90 Å². The third kappa shape index (κ3) is 7.70. The Hall–Kier alpha value is -1.21. The standard InChI is InChI=1S/C13H14S.3C2H6.C2H4/c1-8-4-5-12-9(2)10(3)13(14)7-11(12)6-8;4*1-2/h4-7,14H,1-3H3;3*1-2H3;1-2H2. The van der Waals surface area contributed by atoms with Gasteiger partial charge in [-0.3, -0.25) is 0 Å². The van der Waals surface area contributed by atoms with Crippen molar-refractivity contribution in [3.05, 3.63) is 54.1 Å². The summed E-state index contributed by atoms with van der Waals surface area (Å²) < 4.78 is 0. The van der Waals surface area contributed by atoms with Gasteiger partial charge >= 0.3 is 0 Å². The lowest BCUT2D eigenvalue weighted by molar-refractivity contribution is 1.27. The average Bonchev–Trinajstić information content (AvgIpc) is 2.60. The highest BCUT2D eigenvalue weighted by molar-refractivity contribution is 7.80. The molecule has 2 aromatic rings. The number of hydrogen-bond acceptors (Lipinski definition) is 1. The van der Waals surface area contributed by atoms with Crippen molar-refractivity contribution in [2.75, 3.05) is 0 Å². The number of aryl methyl sites for hydroxylation is 2. The van der Waals surface area contributed by atoms with E-state index in [4.69, 9.17) is 0 Å². The molecule has 0 nitrogen and oxygen atoms in total. The van der Waals surface area contributed by atoms with Gasteiger partial charge in [0.15, 0.2) is 0 Å². The molecule has 0 spiro atoms. The van der Waals surface area contributed by atoms with E-state index in [-0.39, 0.29) is 0 Å². The number of hydrogen-bond donors (Lipinski definition) is 1. The van der Waals surface area contributed by atoms with Gasteiger partial charge in [-0.2, -0.15) is 0 Å². The maximum absolute atomic E-state index is 4.48. The molecular formula is C21H36S. The van der Waals surface area contributed by atoms with Crippen LogP contribution in [0.5, 0.6) is 0 Å². The minimum atomic E-state index is 1.08. The lowest BCUT2D eigenvalue weighted by Crippen LogP contribution is -1.87. The number of fused-ring (bicyclic) bond motifs is 1. The lowest BCUT2D eigenvalue weighted by atomic mass is 9.99. The van der Waals surface area contributed by atoms with Gasteiger partial charge in [0.1, 0.15) is 0 Å². The quantitative estimate of drug-likeness (QED) is 0.369. The van der Waals surface area contributed by atoms with Crippen molar-refractivity contribution >= 4 is 23.4 Å². The molecule has 0 aromatic heterocycles. The number of benzene rings is 2. The van der Waals surface area contributed by atoms with Gasteiger partial charge in [-0.1, -0.05) is 65.3 Å².